The molecule has 9 heteroatoms. The van der Waals surface area contributed by atoms with E-state index in [9.17, 15) is 18.0 Å². The van der Waals surface area contributed by atoms with Gasteiger partial charge in [-0.25, -0.2) is 13.2 Å². The molecule has 41 heavy (non-hydrogen) atoms. The molecule has 8 nitrogen and oxygen atoms in total. The first-order valence-corrected chi connectivity index (χ1v) is 14.8. The standard InChI is InChI=1S/C32H30N2O6S/c1-23-12-16-28(17-13-23)41(37,38)29-18-14-26(15-19-29)40-27-10-5-9-25(21-27)33-31(35)30-11-6-20-34(30)32(36)39-22-24-7-3-2-4-8-24/h2-5,7-10,12-19,21,30H,6,11,20,22H2,1H3,(H,33,35). The summed E-state index contributed by atoms with van der Waals surface area (Å²) in [6, 6.07) is 28.5. The molecular formula is C32H30N2O6S. The van der Waals surface area contributed by atoms with Crippen LogP contribution < -0.4 is 10.1 Å². The second-order valence-electron chi connectivity index (χ2n) is 9.80. The third kappa shape index (κ3) is 6.75. The first-order chi connectivity index (χ1) is 19.8. The lowest BCUT2D eigenvalue weighted by atomic mass is 10.2. The van der Waals surface area contributed by atoms with Crippen molar-refractivity contribution < 1.29 is 27.5 Å². The summed E-state index contributed by atoms with van der Waals surface area (Å²) >= 11 is 0. The van der Waals surface area contributed by atoms with Crippen molar-refractivity contribution in [2.75, 3.05) is 11.9 Å². The molecule has 1 aliphatic heterocycles. The summed E-state index contributed by atoms with van der Waals surface area (Å²) in [6.07, 6.45) is 0.730. The van der Waals surface area contributed by atoms with Crippen molar-refractivity contribution in [3.63, 3.8) is 0 Å². The summed E-state index contributed by atoms with van der Waals surface area (Å²) in [5.74, 6) is 0.601. The highest BCUT2D eigenvalue weighted by Gasteiger charge is 2.35. The largest absolute Gasteiger partial charge is 0.457 e. The van der Waals surface area contributed by atoms with Crippen LogP contribution in [0.4, 0.5) is 10.5 Å². The van der Waals surface area contributed by atoms with Crippen molar-refractivity contribution in [3.05, 3.63) is 114 Å². The molecule has 4 aromatic rings. The van der Waals surface area contributed by atoms with Crippen molar-refractivity contribution in [2.24, 2.45) is 0 Å². The number of ether oxygens (including phenoxy) is 2. The van der Waals surface area contributed by atoms with Gasteiger partial charge in [0.2, 0.25) is 15.7 Å². The van der Waals surface area contributed by atoms with Crippen molar-refractivity contribution in [3.8, 4) is 11.5 Å². The summed E-state index contributed by atoms with van der Waals surface area (Å²) in [7, 11) is -3.64. The molecule has 1 N–H and O–H groups in total. The number of likely N-dealkylation sites (tertiary alicyclic amines) is 1. The second kappa shape index (κ2) is 12.3. The summed E-state index contributed by atoms with van der Waals surface area (Å²) < 4.78 is 37.2. The van der Waals surface area contributed by atoms with E-state index in [1.807, 2.05) is 37.3 Å². The van der Waals surface area contributed by atoms with Crippen LogP contribution in [-0.4, -0.2) is 37.9 Å². The molecule has 0 spiro atoms. The van der Waals surface area contributed by atoms with Crippen molar-refractivity contribution >= 4 is 27.5 Å². The Bertz CT molecular complexity index is 1620. The molecule has 1 aliphatic rings. The summed E-state index contributed by atoms with van der Waals surface area (Å²) in [5, 5.41) is 2.87. The number of carbonyl (C=O) groups excluding carboxylic acids is 2. The number of hydrogen-bond donors (Lipinski definition) is 1. The Hall–Kier alpha value is -4.63. The number of amides is 2. The topological polar surface area (TPSA) is 102 Å². The van der Waals surface area contributed by atoms with Gasteiger partial charge in [0.15, 0.2) is 0 Å². The Labute approximate surface area is 239 Å². The Morgan fingerprint density at radius 1 is 0.854 bits per heavy atom. The molecule has 5 rings (SSSR count). The second-order valence-corrected chi connectivity index (χ2v) is 11.7. The molecule has 2 amide bonds. The van der Waals surface area contributed by atoms with Gasteiger partial charge in [0.1, 0.15) is 24.1 Å². The fourth-order valence-electron chi connectivity index (χ4n) is 4.60. The smallest absolute Gasteiger partial charge is 0.410 e. The van der Waals surface area contributed by atoms with E-state index in [1.54, 1.807) is 60.7 Å². The molecule has 210 valence electrons. The van der Waals surface area contributed by atoms with Crippen LogP contribution in [0.1, 0.15) is 24.0 Å². The monoisotopic (exact) mass is 570 g/mol. The minimum Gasteiger partial charge on any atom is -0.457 e. The first kappa shape index (κ1) is 27.9. The Balaban J connectivity index is 1.20. The number of sulfone groups is 1. The number of hydrogen-bond acceptors (Lipinski definition) is 6. The van der Waals surface area contributed by atoms with Gasteiger partial charge in [-0.3, -0.25) is 9.69 Å². The van der Waals surface area contributed by atoms with Gasteiger partial charge in [0, 0.05) is 18.3 Å². The van der Waals surface area contributed by atoms with E-state index >= 15 is 0 Å². The van der Waals surface area contributed by atoms with Gasteiger partial charge in [-0.2, -0.15) is 0 Å². The Kier molecular flexibility index (Phi) is 8.35. The highest BCUT2D eigenvalue weighted by atomic mass is 32.2. The molecular weight excluding hydrogens is 540 g/mol. The highest BCUT2D eigenvalue weighted by molar-refractivity contribution is 7.91. The van der Waals surface area contributed by atoms with Crippen molar-refractivity contribution in [1.29, 1.82) is 0 Å². The lowest BCUT2D eigenvalue weighted by Crippen LogP contribution is -2.43. The normalized spacial score (nSPS) is 14.9. The third-order valence-electron chi connectivity index (χ3n) is 6.80. The third-order valence-corrected chi connectivity index (χ3v) is 8.58. The zero-order valence-corrected chi connectivity index (χ0v) is 23.3. The van der Waals surface area contributed by atoms with E-state index in [0.717, 1.165) is 11.1 Å². The van der Waals surface area contributed by atoms with Gasteiger partial charge in [0.25, 0.3) is 0 Å². The maximum absolute atomic E-state index is 13.1. The van der Waals surface area contributed by atoms with Crippen LogP contribution in [-0.2, 0) is 26.0 Å². The predicted molar refractivity (Wildman–Crippen MR) is 155 cm³/mol. The number of nitrogens with one attached hydrogen (secondary N) is 1. The van der Waals surface area contributed by atoms with E-state index in [0.29, 0.717) is 36.6 Å². The van der Waals surface area contributed by atoms with Crippen LogP contribution in [0, 0.1) is 6.92 Å². The molecule has 1 unspecified atom stereocenters. The van der Waals surface area contributed by atoms with Gasteiger partial charge in [0.05, 0.1) is 9.79 Å². The molecule has 0 aromatic heterocycles. The molecule has 0 aliphatic carbocycles. The molecule has 1 saturated heterocycles. The van der Waals surface area contributed by atoms with Crippen LogP contribution in [0.25, 0.3) is 0 Å². The quantitative estimate of drug-likeness (QED) is 0.265. The SMILES string of the molecule is Cc1ccc(S(=O)(=O)c2ccc(Oc3cccc(NC(=O)C4CCCN4C(=O)OCc4ccccc4)c3)cc2)cc1. The zero-order chi connectivity index (χ0) is 28.8. The van der Waals surface area contributed by atoms with Crippen LogP contribution in [0.3, 0.4) is 0 Å². The number of carbonyl (C=O) groups is 2. The molecule has 1 fully saturated rings. The summed E-state index contributed by atoms with van der Waals surface area (Å²) in [6.45, 7) is 2.49. The Morgan fingerprint density at radius 3 is 2.24 bits per heavy atom. The number of aryl methyl sites for hydroxylation is 1. The van der Waals surface area contributed by atoms with E-state index in [-0.39, 0.29) is 22.3 Å². The van der Waals surface area contributed by atoms with Gasteiger partial charge in [-0.05, 0) is 73.9 Å². The molecule has 4 aromatic carbocycles. The lowest BCUT2D eigenvalue weighted by molar-refractivity contribution is -0.120. The predicted octanol–water partition coefficient (Wildman–Crippen LogP) is 6.36. The maximum atomic E-state index is 13.1. The first-order valence-electron chi connectivity index (χ1n) is 13.3. The summed E-state index contributed by atoms with van der Waals surface area (Å²) in [4.78, 5) is 27.6. The van der Waals surface area contributed by atoms with Crippen LogP contribution in [0.2, 0.25) is 0 Å². The lowest BCUT2D eigenvalue weighted by Gasteiger charge is -2.23. The number of rotatable bonds is 8. The van der Waals surface area contributed by atoms with Crippen molar-refractivity contribution in [1.82, 2.24) is 4.90 Å². The molecule has 1 heterocycles. The van der Waals surface area contributed by atoms with Crippen molar-refractivity contribution in [2.45, 2.75) is 42.2 Å². The van der Waals surface area contributed by atoms with E-state index in [4.69, 9.17) is 9.47 Å². The average Bonchev–Trinajstić information content (AvgIpc) is 3.48. The fraction of sp³-hybridized carbons (Fsp3) is 0.188. The van der Waals surface area contributed by atoms with E-state index in [1.165, 1.54) is 17.0 Å². The molecule has 0 radical (unpaired) electrons. The van der Waals surface area contributed by atoms with Gasteiger partial charge < -0.3 is 14.8 Å². The average molecular weight is 571 g/mol. The van der Waals surface area contributed by atoms with Gasteiger partial charge >= 0.3 is 6.09 Å². The van der Waals surface area contributed by atoms with Crippen LogP contribution in [0.5, 0.6) is 11.5 Å². The zero-order valence-electron chi connectivity index (χ0n) is 22.5. The van der Waals surface area contributed by atoms with Gasteiger partial charge in [-0.1, -0.05) is 54.1 Å². The van der Waals surface area contributed by atoms with Gasteiger partial charge in [-0.15, -0.1) is 0 Å². The number of nitrogens with zero attached hydrogens (tertiary/aromatic N) is 1. The minimum absolute atomic E-state index is 0.142. The minimum atomic E-state index is -3.64. The summed E-state index contributed by atoms with van der Waals surface area (Å²) in [5.41, 5.74) is 2.36. The number of benzene rings is 4. The van der Waals surface area contributed by atoms with Crippen LogP contribution in [0.15, 0.2) is 113 Å². The van der Waals surface area contributed by atoms with E-state index in [2.05, 4.69) is 5.32 Å². The fourth-order valence-corrected chi connectivity index (χ4v) is 5.86. The highest BCUT2D eigenvalue weighted by Crippen LogP contribution is 2.28. The van der Waals surface area contributed by atoms with E-state index < -0.39 is 22.0 Å². The Morgan fingerprint density at radius 2 is 1.54 bits per heavy atom. The number of anilines is 1. The molecule has 0 saturated carbocycles. The van der Waals surface area contributed by atoms with Crippen LogP contribution >= 0.6 is 0 Å². The molecule has 0 bridgehead atoms. The maximum Gasteiger partial charge on any atom is 0.410 e. The molecule has 1 atom stereocenters.